The minimum Gasteiger partial charge on any atom is -0.402 e. The van der Waals surface area contributed by atoms with E-state index in [1.54, 1.807) is 18.2 Å². The Morgan fingerprint density at radius 2 is 1.83 bits per heavy atom. The summed E-state index contributed by atoms with van der Waals surface area (Å²) in [4.78, 5) is 20.3. The van der Waals surface area contributed by atoms with Crippen molar-refractivity contribution >= 4 is 35.1 Å². The Hall–Kier alpha value is -3.47. The van der Waals surface area contributed by atoms with Crippen LogP contribution in [0, 0.1) is 5.82 Å². The lowest BCUT2D eigenvalue weighted by molar-refractivity contribution is -0.134. The standard InChI is InChI=1S/C29H29Cl2FN6O3/c30-20-8-6-18(15-24(39)37-10-12-40-13-11-37)23(16-20)38-26(19-7-9-22(32)21(31)14-19)25(28-35-36-29(33)41-28)34-27(38)17-4-2-1-3-5-17/h6-9,14,16-17H,1-5,10-13,15H2,(H2,33,36). The molecular weight excluding hydrogens is 570 g/mol. The van der Waals surface area contributed by atoms with Crippen molar-refractivity contribution < 1.29 is 18.3 Å². The Morgan fingerprint density at radius 3 is 2.54 bits per heavy atom. The maximum atomic E-state index is 14.3. The number of nitrogens with zero attached hydrogens (tertiary/aromatic N) is 5. The minimum atomic E-state index is -0.544. The van der Waals surface area contributed by atoms with Crippen LogP contribution in [0.3, 0.4) is 0 Å². The van der Waals surface area contributed by atoms with E-state index in [0.29, 0.717) is 54.0 Å². The zero-order valence-electron chi connectivity index (χ0n) is 22.3. The normalized spacial score (nSPS) is 16.3. The fourth-order valence-electron chi connectivity index (χ4n) is 5.69. The van der Waals surface area contributed by atoms with Crippen LogP contribution in [0.1, 0.15) is 49.4 Å². The van der Waals surface area contributed by atoms with Crippen molar-refractivity contribution in [2.75, 3.05) is 32.0 Å². The highest BCUT2D eigenvalue weighted by Gasteiger charge is 2.31. The molecular formula is C29H29Cl2FN6O3. The summed E-state index contributed by atoms with van der Waals surface area (Å²) in [5, 5.41) is 8.44. The lowest BCUT2D eigenvalue weighted by Gasteiger charge is -2.28. The van der Waals surface area contributed by atoms with Crippen molar-refractivity contribution in [2.24, 2.45) is 0 Å². The average Bonchev–Trinajstić information content (AvgIpc) is 3.60. The molecule has 1 aliphatic heterocycles. The quantitative estimate of drug-likeness (QED) is 0.287. The lowest BCUT2D eigenvalue weighted by Crippen LogP contribution is -2.41. The Bertz CT molecular complexity index is 1580. The number of hydrogen-bond donors (Lipinski definition) is 1. The van der Waals surface area contributed by atoms with Gasteiger partial charge in [-0.2, -0.15) is 0 Å². The first-order valence-corrected chi connectivity index (χ1v) is 14.5. The lowest BCUT2D eigenvalue weighted by atomic mass is 9.88. The third kappa shape index (κ3) is 5.68. The van der Waals surface area contributed by atoms with Crippen LogP contribution < -0.4 is 5.73 Å². The molecule has 2 N–H and O–H groups in total. The fraction of sp³-hybridized carbons (Fsp3) is 0.379. The summed E-state index contributed by atoms with van der Waals surface area (Å²) in [6.07, 6.45) is 5.32. The number of nitrogens with two attached hydrogens (primary N) is 1. The van der Waals surface area contributed by atoms with Gasteiger partial charge in [0.25, 0.3) is 5.89 Å². The summed E-state index contributed by atoms with van der Waals surface area (Å²) in [7, 11) is 0. The van der Waals surface area contributed by atoms with Gasteiger partial charge in [-0.3, -0.25) is 9.36 Å². The minimum absolute atomic E-state index is 0.00696. The second-order valence-electron chi connectivity index (χ2n) is 10.4. The molecule has 0 radical (unpaired) electrons. The summed E-state index contributed by atoms with van der Waals surface area (Å²) >= 11 is 12.9. The Morgan fingerprint density at radius 1 is 1.05 bits per heavy atom. The van der Waals surface area contributed by atoms with Crippen LogP contribution in [0.4, 0.5) is 10.4 Å². The second-order valence-corrected chi connectivity index (χ2v) is 11.2. The number of imidazole rings is 1. The SMILES string of the molecule is Nc1nnc(-c2nc(C3CCCCC3)n(-c3cc(Cl)ccc3CC(=O)N3CCOCC3)c2-c2ccc(F)c(Cl)c2)o1. The number of halogens is 3. The monoisotopic (exact) mass is 598 g/mol. The van der Waals surface area contributed by atoms with Gasteiger partial charge in [0, 0.05) is 29.6 Å². The third-order valence-corrected chi connectivity index (χ3v) is 8.23. The average molecular weight is 599 g/mol. The number of aromatic nitrogens is 4. The predicted molar refractivity (Wildman–Crippen MR) is 154 cm³/mol. The van der Waals surface area contributed by atoms with E-state index < -0.39 is 5.82 Å². The highest BCUT2D eigenvalue weighted by Crippen LogP contribution is 2.42. The molecule has 1 aliphatic carbocycles. The van der Waals surface area contributed by atoms with Gasteiger partial charge in [-0.05, 0) is 48.7 Å². The van der Waals surface area contributed by atoms with Gasteiger partial charge in [0.1, 0.15) is 11.6 Å². The highest BCUT2D eigenvalue weighted by atomic mass is 35.5. The number of nitrogen functional groups attached to an aromatic ring is 1. The van der Waals surface area contributed by atoms with Gasteiger partial charge in [-0.15, -0.1) is 5.10 Å². The molecule has 1 saturated heterocycles. The predicted octanol–water partition coefficient (Wildman–Crippen LogP) is 6.07. The van der Waals surface area contributed by atoms with Crippen LogP contribution in [0.25, 0.3) is 28.5 Å². The van der Waals surface area contributed by atoms with Crippen molar-refractivity contribution in [3.8, 4) is 28.5 Å². The molecule has 2 fully saturated rings. The second kappa shape index (κ2) is 11.8. The van der Waals surface area contributed by atoms with Crippen LogP contribution in [-0.4, -0.2) is 56.9 Å². The number of carbonyl (C=O) groups excluding carboxylic acids is 1. The van der Waals surface area contributed by atoms with E-state index in [-0.39, 0.29) is 35.2 Å². The highest BCUT2D eigenvalue weighted by molar-refractivity contribution is 6.31. The van der Waals surface area contributed by atoms with Crippen LogP contribution in [-0.2, 0) is 16.0 Å². The number of rotatable bonds is 6. The molecule has 9 nitrogen and oxygen atoms in total. The Labute approximate surface area is 246 Å². The van der Waals surface area contributed by atoms with Crippen LogP contribution >= 0.6 is 23.2 Å². The van der Waals surface area contributed by atoms with Gasteiger partial charge in [0.05, 0.1) is 36.0 Å². The molecule has 2 aromatic carbocycles. The molecule has 0 spiro atoms. The molecule has 1 saturated carbocycles. The summed E-state index contributed by atoms with van der Waals surface area (Å²) in [6, 6.07) is 9.86. The first-order valence-electron chi connectivity index (χ1n) is 13.7. The van der Waals surface area contributed by atoms with Crippen molar-refractivity contribution in [1.29, 1.82) is 0 Å². The molecule has 0 atom stereocenters. The molecule has 214 valence electrons. The number of benzene rings is 2. The van der Waals surface area contributed by atoms with E-state index >= 15 is 0 Å². The van der Waals surface area contributed by atoms with E-state index in [1.807, 2.05) is 21.6 Å². The van der Waals surface area contributed by atoms with E-state index in [0.717, 1.165) is 43.5 Å². The first kappa shape index (κ1) is 27.7. The number of amides is 1. The van der Waals surface area contributed by atoms with Crippen LogP contribution in [0.15, 0.2) is 40.8 Å². The van der Waals surface area contributed by atoms with E-state index in [9.17, 15) is 9.18 Å². The van der Waals surface area contributed by atoms with E-state index in [4.69, 9.17) is 43.1 Å². The van der Waals surface area contributed by atoms with E-state index in [2.05, 4.69) is 10.2 Å². The molecule has 6 rings (SSSR count). The smallest absolute Gasteiger partial charge is 0.313 e. The number of hydrogen-bond acceptors (Lipinski definition) is 7. The van der Waals surface area contributed by atoms with Gasteiger partial charge in [-0.1, -0.05) is 53.6 Å². The number of ether oxygens (including phenoxy) is 1. The third-order valence-electron chi connectivity index (χ3n) is 7.70. The van der Waals surface area contributed by atoms with Crippen molar-refractivity contribution in [2.45, 2.75) is 44.4 Å². The Kier molecular flexibility index (Phi) is 7.96. The van der Waals surface area contributed by atoms with Gasteiger partial charge in [-0.25, -0.2) is 9.37 Å². The summed E-state index contributed by atoms with van der Waals surface area (Å²) < 4.78 is 27.4. The number of morpholine rings is 1. The molecule has 2 aliphatic rings. The zero-order chi connectivity index (χ0) is 28.5. The van der Waals surface area contributed by atoms with Crippen LogP contribution in [0.2, 0.25) is 10.0 Å². The molecule has 0 unspecified atom stereocenters. The fourth-order valence-corrected chi connectivity index (χ4v) is 6.03. The van der Waals surface area contributed by atoms with Gasteiger partial charge in [0.2, 0.25) is 5.91 Å². The molecule has 0 bridgehead atoms. The van der Waals surface area contributed by atoms with Crippen LogP contribution in [0.5, 0.6) is 0 Å². The maximum absolute atomic E-state index is 14.3. The van der Waals surface area contributed by atoms with Crippen molar-refractivity contribution in [3.63, 3.8) is 0 Å². The molecule has 4 aromatic rings. The summed E-state index contributed by atoms with van der Waals surface area (Å²) in [5.74, 6) is 0.467. The zero-order valence-corrected chi connectivity index (χ0v) is 23.8. The topological polar surface area (TPSA) is 112 Å². The largest absolute Gasteiger partial charge is 0.402 e. The van der Waals surface area contributed by atoms with Gasteiger partial charge >= 0.3 is 6.01 Å². The summed E-state index contributed by atoms with van der Waals surface area (Å²) in [6.45, 7) is 2.11. The summed E-state index contributed by atoms with van der Waals surface area (Å²) in [5.41, 5.74) is 8.81. The molecule has 3 heterocycles. The van der Waals surface area contributed by atoms with E-state index in [1.165, 1.54) is 6.07 Å². The number of carbonyl (C=O) groups is 1. The molecule has 1 amide bonds. The maximum Gasteiger partial charge on any atom is 0.313 e. The van der Waals surface area contributed by atoms with Gasteiger partial charge < -0.3 is 19.8 Å². The molecule has 2 aromatic heterocycles. The molecule has 41 heavy (non-hydrogen) atoms. The van der Waals surface area contributed by atoms with Crippen molar-refractivity contribution in [3.05, 3.63) is 63.6 Å². The number of anilines is 1. The first-order chi connectivity index (χ1) is 19.9. The Balaban J connectivity index is 1.59. The van der Waals surface area contributed by atoms with Gasteiger partial charge in [0.15, 0.2) is 5.69 Å². The van der Waals surface area contributed by atoms with Crippen molar-refractivity contribution in [1.82, 2.24) is 24.6 Å². The molecule has 12 heteroatoms.